The highest BCUT2D eigenvalue weighted by atomic mass is 35.5. The van der Waals surface area contributed by atoms with Crippen molar-refractivity contribution in [2.24, 2.45) is 5.41 Å². The first kappa shape index (κ1) is 12.1. The van der Waals surface area contributed by atoms with Gasteiger partial charge in [-0.05, 0) is 12.1 Å². The van der Waals surface area contributed by atoms with E-state index >= 15 is 0 Å². The first-order chi connectivity index (χ1) is 7.79. The van der Waals surface area contributed by atoms with Gasteiger partial charge in [-0.15, -0.1) is 23.2 Å². The minimum Gasteiger partial charge on any atom is -0.348 e. The Morgan fingerprint density at radius 3 is 2.25 bits per heavy atom. The molecule has 1 fully saturated rings. The molecule has 1 aromatic rings. The van der Waals surface area contributed by atoms with Gasteiger partial charge < -0.3 is 9.47 Å². The third-order valence-corrected chi connectivity index (χ3v) is 3.76. The number of ether oxygens (including phenoxy) is 2. The van der Waals surface area contributed by atoms with Crippen LogP contribution in [0.15, 0.2) is 24.5 Å². The Morgan fingerprint density at radius 1 is 1.19 bits per heavy atom. The number of hydrogen-bond acceptors (Lipinski definition) is 3. The molecule has 0 bridgehead atoms. The molecule has 0 aliphatic carbocycles. The Hall–Kier alpha value is -0.350. The van der Waals surface area contributed by atoms with E-state index in [1.54, 1.807) is 12.4 Å². The van der Waals surface area contributed by atoms with Gasteiger partial charge in [0, 0.05) is 35.1 Å². The topological polar surface area (TPSA) is 31.4 Å². The van der Waals surface area contributed by atoms with Crippen molar-refractivity contribution in [2.75, 3.05) is 25.0 Å². The summed E-state index contributed by atoms with van der Waals surface area (Å²) in [5.74, 6) is 0.888. The van der Waals surface area contributed by atoms with Gasteiger partial charge in [0.05, 0.1) is 13.2 Å². The lowest BCUT2D eigenvalue weighted by Crippen LogP contribution is -2.41. The molecule has 1 aromatic heterocycles. The summed E-state index contributed by atoms with van der Waals surface area (Å²) in [5.41, 5.74) is 0.708. The molecular formula is C11H13Cl2NO2. The van der Waals surface area contributed by atoms with Crippen LogP contribution in [0.5, 0.6) is 0 Å². The van der Waals surface area contributed by atoms with Crippen LogP contribution in [0, 0.1) is 5.41 Å². The van der Waals surface area contributed by atoms with Crippen LogP contribution in [0.2, 0.25) is 0 Å². The third kappa shape index (κ3) is 2.48. The fourth-order valence-corrected chi connectivity index (χ4v) is 2.09. The highest BCUT2D eigenvalue weighted by Gasteiger charge is 2.36. The molecule has 5 heteroatoms. The van der Waals surface area contributed by atoms with Crippen LogP contribution in [-0.2, 0) is 9.47 Å². The lowest BCUT2D eigenvalue weighted by atomic mass is 9.94. The molecule has 0 atom stereocenters. The van der Waals surface area contributed by atoms with Gasteiger partial charge in [-0.3, -0.25) is 4.98 Å². The molecule has 0 N–H and O–H groups in total. The summed E-state index contributed by atoms with van der Waals surface area (Å²) in [5, 5.41) is 0. The van der Waals surface area contributed by atoms with E-state index in [1.165, 1.54) is 0 Å². The van der Waals surface area contributed by atoms with Gasteiger partial charge in [0.25, 0.3) is 0 Å². The summed E-state index contributed by atoms with van der Waals surface area (Å²) in [4.78, 5) is 3.95. The van der Waals surface area contributed by atoms with Crippen molar-refractivity contribution in [3.05, 3.63) is 30.1 Å². The van der Waals surface area contributed by atoms with Crippen LogP contribution in [0.4, 0.5) is 0 Å². The summed E-state index contributed by atoms with van der Waals surface area (Å²) >= 11 is 11.8. The molecule has 0 radical (unpaired) electrons. The zero-order valence-corrected chi connectivity index (χ0v) is 10.2. The maximum atomic E-state index is 5.88. The van der Waals surface area contributed by atoms with Gasteiger partial charge in [0.15, 0.2) is 6.29 Å². The second kappa shape index (κ2) is 5.32. The van der Waals surface area contributed by atoms with Crippen LogP contribution >= 0.6 is 23.2 Å². The van der Waals surface area contributed by atoms with E-state index in [4.69, 9.17) is 32.7 Å². The monoisotopic (exact) mass is 261 g/mol. The third-order valence-electron chi connectivity index (χ3n) is 2.63. The van der Waals surface area contributed by atoms with E-state index < -0.39 is 0 Å². The minimum atomic E-state index is -0.331. The Balaban J connectivity index is 2.00. The number of rotatable bonds is 3. The molecule has 2 rings (SSSR count). The maximum Gasteiger partial charge on any atom is 0.183 e. The standard InChI is InChI=1S/C11H13Cl2NO2/c12-5-11(6-13)7-15-10(16-8-11)9-1-3-14-4-2-9/h1-4,10H,5-8H2. The lowest BCUT2D eigenvalue weighted by molar-refractivity contribution is -0.224. The summed E-state index contributed by atoms with van der Waals surface area (Å²) in [6.45, 7) is 1.04. The van der Waals surface area contributed by atoms with E-state index in [0.29, 0.717) is 25.0 Å². The van der Waals surface area contributed by atoms with E-state index in [9.17, 15) is 0 Å². The number of halogens is 2. The molecule has 16 heavy (non-hydrogen) atoms. The molecule has 1 aliphatic heterocycles. The molecule has 3 nitrogen and oxygen atoms in total. The highest BCUT2D eigenvalue weighted by molar-refractivity contribution is 6.21. The second-order valence-corrected chi connectivity index (χ2v) is 4.54. The van der Waals surface area contributed by atoms with Crippen molar-refractivity contribution in [3.63, 3.8) is 0 Å². The summed E-state index contributed by atoms with van der Waals surface area (Å²) in [6.07, 6.45) is 3.10. The predicted octanol–water partition coefficient (Wildman–Crippen LogP) is 2.59. The van der Waals surface area contributed by atoms with Crippen molar-refractivity contribution >= 4 is 23.2 Å². The summed E-state index contributed by atoms with van der Waals surface area (Å²) < 4.78 is 11.3. The van der Waals surface area contributed by atoms with E-state index in [0.717, 1.165) is 5.56 Å². The predicted molar refractivity (Wildman–Crippen MR) is 62.8 cm³/mol. The Kier molecular flexibility index (Phi) is 4.03. The first-order valence-electron chi connectivity index (χ1n) is 5.05. The van der Waals surface area contributed by atoms with Crippen LogP contribution in [0.1, 0.15) is 11.9 Å². The van der Waals surface area contributed by atoms with Gasteiger partial charge in [-0.25, -0.2) is 0 Å². The van der Waals surface area contributed by atoms with Gasteiger partial charge in [0.1, 0.15) is 0 Å². The number of nitrogens with zero attached hydrogens (tertiary/aromatic N) is 1. The zero-order valence-electron chi connectivity index (χ0n) is 8.73. The highest BCUT2D eigenvalue weighted by Crippen LogP contribution is 2.33. The van der Waals surface area contributed by atoms with E-state index in [2.05, 4.69) is 4.98 Å². The Bertz CT molecular complexity index is 320. The molecule has 2 heterocycles. The molecule has 0 aromatic carbocycles. The quantitative estimate of drug-likeness (QED) is 0.784. The van der Waals surface area contributed by atoms with Crippen LogP contribution < -0.4 is 0 Å². The number of aromatic nitrogens is 1. The van der Waals surface area contributed by atoms with Crippen molar-refractivity contribution in [3.8, 4) is 0 Å². The van der Waals surface area contributed by atoms with Crippen LogP contribution in [0.25, 0.3) is 0 Å². The van der Waals surface area contributed by atoms with Crippen molar-refractivity contribution < 1.29 is 9.47 Å². The van der Waals surface area contributed by atoms with E-state index in [-0.39, 0.29) is 11.7 Å². The maximum absolute atomic E-state index is 5.88. The minimum absolute atomic E-state index is 0.257. The average molecular weight is 262 g/mol. The first-order valence-corrected chi connectivity index (χ1v) is 6.12. The van der Waals surface area contributed by atoms with Gasteiger partial charge in [-0.1, -0.05) is 0 Å². The van der Waals surface area contributed by atoms with Gasteiger partial charge >= 0.3 is 0 Å². The normalized spacial score (nSPS) is 20.9. The molecule has 0 spiro atoms. The number of pyridine rings is 1. The van der Waals surface area contributed by atoms with Crippen molar-refractivity contribution in [1.82, 2.24) is 4.98 Å². The molecular weight excluding hydrogens is 249 g/mol. The van der Waals surface area contributed by atoms with Crippen LogP contribution in [0.3, 0.4) is 0 Å². The molecule has 0 amide bonds. The average Bonchev–Trinajstić information content (AvgIpc) is 2.40. The SMILES string of the molecule is ClCC1(CCl)COC(c2ccncc2)OC1. The lowest BCUT2D eigenvalue weighted by Gasteiger charge is -2.37. The fraction of sp³-hybridized carbons (Fsp3) is 0.545. The van der Waals surface area contributed by atoms with Gasteiger partial charge in [0.2, 0.25) is 0 Å². The number of alkyl halides is 2. The van der Waals surface area contributed by atoms with Crippen molar-refractivity contribution in [1.29, 1.82) is 0 Å². The Morgan fingerprint density at radius 2 is 1.75 bits per heavy atom. The molecule has 0 saturated carbocycles. The molecule has 0 unspecified atom stereocenters. The fourth-order valence-electron chi connectivity index (χ4n) is 1.50. The Labute approximate surface area is 105 Å². The number of hydrogen-bond donors (Lipinski definition) is 0. The summed E-state index contributed by atoms with van der Waals surface area (Å²) in [6, 6.07) is 3.75. The largest absolute Gasteiger partial charge is 0.348 e. The van der Waals surface area contributed by atoms with E-state index in [1.807, 2.05) is 12.1 Å². The zero-order chi connectivity index (χ0) is 11.4. The molecule has 1 saturated heterocycles. The van der Waals surface area contributed by atoms with Crippen LogP contribution in [-0.4, -0.2) is 30.0 Å². The molecule has 1 aliphatic rings. The second-order valence-electron chi connectivity index (χ2n) is 4.00. The van der Waals surface area contributed by atoms with Gasteiger partial charge in [-0.2, -0.15) is 0 Å². The summed E-state index contributed by atoms with van der Waals surface area (Å²) in [7, 11) is 0. The van der Waals surface area contributed by atoms with Crippen molar-refractivity contribution in [2.45, 2.75) is 6.29 Å². The smallest absolute Gasteiger partial charge is 0.183 e. The molecule has 88 valence electrons.